The van der Waals surface area contributed by atoms with E-state index in [-0.39, 0.29) is 6.61 Å². The molecule has 46 heavy (non-hydrogen) atoms. The molecule has 5 atom stereocenters. The minimum absolute atomic E-state index is 0.265. The largest absolute Gasteiger partial charge is 0.489 e. The first-order chi connectivity index (χ1) is 22.7. The molecule has 5 aromatic carbocycles. The fraction of sp³-hybridized carbons (Fsp3) is 0.250. The Balaban J connectivity index is 1.23. The van der Waals surface area contributed by atoms with Gasteiger partial charge in [-0.15, -0.1) is 0 Å². The van der Waals surface area contributed by atoms with Crippen molar-refractivity contribution < 1.29 is 28.8 Å². The van der Waals surface area contributed by atoms with E-state index in [0.29, 0.717) is 26.4 Å². The summed E-state index contributed by atoms with van der Waals surface area (Å²) in [6.07, 6.45) is -3.42. The third kappa shape index (κ3) is 8.69. The maximum atomic E-state index is 11.9. The zero-order valence-corrected chi connectivity index (χ0v) is 25.8. The van der Waals surface area contributed by atoms with Gasteiger partial charge in [-0.3, -0.25) is 0 Å². The second kappa shape index (κ2) is 16.3. The molecule has 0 unspecified atom stereocenters. The number of rotatable bonds is 14. The van der Waals surface area contributed by atoms with Crippen LogP contribution in [0, 0.1) is 0 Å². The van der Waals surface area contributed by atoms with E-state index in [4.69, 9.17) is 23.7 Å². The zero-order chi connectivity index (χ0) is 31.4. The van der Waals surface area contributed by atoms with Crippen LogP contribution in [0.1, 0.15) is 33.9 Å². The van der Waals surface area contributed by atoms with Gasteiger partial charge in [0.2, 0.25) is 0 Å². The lowest BCUT2D eigenvalue weighted by Crippen LogP contribution is -2.57. The van der Waals surface area contributed by atoms with Crippen LogP contribution >= 0.6 is 0 Å². The second-order valence-corrected chi connectivity index (χ2v) is 11.5. The van der Waals surface area contributed by atoms with E-state index < -0.39 is 30.5 Å². The van der Waals surface area contributed by atoms with E-state index >= 15 is 0 Å². The molecule has 0 bridgehead atoms. The van der Waals surface area contributed by atoms with Gasteiger partial charge in [-0.1, -0.05) is 133 Å². The van der Waals surface area contributed by atoms with Gasteiger partial charge in [-0.25, -0.2) is 0 Å². The molecule has 0 amide bonds. The standard InChI is InChI=1S/C40H40O6/c41-37-38(34-21-23-35(24-22-34)43-26-31-15-7-2-8-16-31)46-36(29-42-25-30-13-5-1-6-14-30)39(44-27-32-17-9-3-10-18-32)40(37)45-28-33-19-11-4-12-20-33/h1-24,36-41H,25-29H2/t36-,37+,38-,39-,40-/m1/s1. The lowest BCUT2D eigenvalue weighted by Gasteiger charge is -2.44. The van der Waals surface area contributed by atoms with Gasteiger partial charge in [0.15, 0.2) is 0 Å². The fourth-order valence-electron chi connectivity index (χ4n) is 5.63. The lowest BCUT2D eigenvalue weighted by atomic mass is 9.90. The molecule has 1 N–H and O–H groups in total. The zero-order valence-electron chi connectivity index (χ0n) is 25.8. The van der Waals surface area contributed by atoms with Crippen LogP contribution < -0.4 is 4.74 Å². The maximum absolute atomic E-state index is 11.9. The molecule has 5 aromatic rings. The third-order valence-electron chi connectivity index (χ3n) is 8.08. The number of hydrogen-bond acceptors (Lipinski definition) is 6. The molecule has 0 spiro atoms. The van der Waals surface area contributed by atoms with Crippen molar-refractivity contribution in [3.05, 3.63) is 173 Å². The summed E-state index contributed by atoms with van der Waals surface area (Å²) in [5.41, 5.74) is 5.02. The van der Waals surface area contributed by atoms with Crippen LogP contribution in [0.4, 0.5) is 0 Å². The van der Waals surface area contributed by atoms with Crippen molar-refractivity contribution in [1.82, 2.24) is 0 Å². The Bertz CT molecular complexity index is 1560. The molecular weight excluding hydrogens is 576 g/mol. The summed E-state index contributed by atoms with van der Waals surface area (Å²) in [6.45, 7) is 1.84. The van der Waals surface area contributed by atoms with E-state index in [9.17, 15) is 5.11 Å². The number of aliphatic hydroxyl groups is 1. The van der Waals surface area contributed by atoms with Crippen molar-refractivity contribution in [2.45, 2.75) is 56.9 Å². The third-order valence-corrected chi connectivity index (χ3v) is 8.08. The first-order valence-corrected chi connectivity index (χ1v) is 15.8. The minimum Gasteiger partial charge on any atom is -0.489 e. The van der Waals surface area contributed by atoms with Crippen LogP contribution in [0.2, 0.25) is 0 Å². The summed E-state index contributed by atoms with van der Waals surface area (Å²) >= 11 is 0. The van der Waals surface area contributed by atoms with E-state index in [1.165, 1.54) is 0 Å². The predicted octanol–water partition coefficient (Wildman–Crippen LogP) is 7.45. The first-order valence-electron chi connectivity index (χ1n) is 15.8. The van der Waals surface area contributed by atoms with Crippen LogP contribution in [-0.4, -0.2) is 36.1 Å². The molecule has 0 aliphatic carbocycles. The Kier molecular flexibility index (Phi) is 11.2. The van der Waals surface area contributed by atoms with Gasteiger partial charge in [0.25, 0.3) is 0 Å². The Morgan fingerprint density at radius 2 is 0.957 bits per heavy atom. The number of hydrogen-bond donors (Lipinski definition) is 1. The smallest absolute Gasteiger partial charge is 0.119 e. The molecule has 6 rings (SSSR count). The van der Waals surface area contributed by atoms with Gasteiger partial charge in [-0.05, 0) is 39.9 Å². The second-order valence-electron chi connectivity index (χ2n) is 11.5. The highest BCUT2D eigenvalue weighted by molar-refractivity contribution is 5.30. The summed E-state index contributed by atoms with van der Waals surface area (Å²) in [5.74, 6) is 0.738. The Morgan fingerprint density at radius 1 is 0.500 bits per heavy atom. The van der Waals surface area contributed by atoms with Gasteiger partial charge >= 0.3 is 0 Å². The van der Waals surface area contributed by atoms with Gasteiger partial charge in [0.05, 0.1) is 26.4 Å². The highest BCUT2D eigenvalue weighted by Gasteiger charge is 2.47. The van der Waals surface area contributed by atoms with Crippen LogP contribution in [0.5, 0.6) is 5.75 Å². The van der Waals surface area contributed by atoms with E-state index in [0.717, 1.165) is 33.6 Å². The molecule has 1 aliphatic heterocycles. The monoisotopic (exact) mass is 616 g/mol. The molecule has 1 saturated heterocycles. The van der Waals surface area contributed by atoms with Crippen molar-refractivity contribution in [2.24, 2.45) is 0 Å². The molecule has 0 radical (unpaired) electrons. The van der Waals surface area contributed by atoms with Crippen LogP contribution in [-0.2, 0) is 45.4 Å². The quantitative estimate of drug-likeness (QED) is 0.140. The molecule has 1 aliphatic rings. The van der Waals surface area contributed by atoms with Gasteiger partial charge in [-0.2, -0.15) is 0 Å². The minimum atomic E-state index is -0.994. The van der Waals surface area contributed by atoms with Crippen LogP contribution in [0.3, 0.4) is 0 Å². The molecule has 236 valence electrons. The summed E-state index contributed by atoms with van der Waals surface area (Å²) in [7, 11) is 0. The topological polar surface area (TPSA) is 66.4 Å². The normalized spacial score (nSPS) is 21.1. The van der Waals surface area contributed by atoms with E-state index in [1.807, 2.05) is 146 Å². The van der Waals surface area contributed by atoms with Crippen molar-refractivity contribution in [3.63, 3.8) is 0 Å². The summed E-state index contributed by atoms with van der Waals surface area (Å²) < 4.78 is 31.9. The van der Waals surface area contributed by atoms with Crippen molar-refractivity contribution in [3.8, 4) is 5.75 Å². The average molecular weight is 617 g/mol. The maximum Gasteiger partial charge on any atom is 0.119 e. The molecule has 1 fully saturated rings. The molecule has 6 heteroatoms. The molecule has 6 nitrogen and oxygen atoms in total. The fourth-order valence-corrected chi connectivity index (χ4v) is 5.63. The highest BCUT2D eigenvalue weighted by atomic mass is 16.6. The van der Waals surface area contributed by atoms with Crippen molar-refractivity contribution in [2.75, 3.05) is 6.61 Å². The van der Waals surface area contributed by atoms with E-state index in [2.05, 4.69) is 0 Å². The highest BCUT2D eigenvalue weighted by Crippen LogP contribution is 2.37. The van der Waals surface area contributed by atoms with Crippen molar-refractivity contribution >= 4 is 0 Å². The molecule has 0 saturated carbocycles. The van der Waals surface area contributed by atoms with E-state index in [1.54, 1.807) is 0 Å². The van der Waals surface area contributed by atoms with Gasteiger partial charge in [0, 0.05) is 0 Å². The summed E-state index contributed by atoms with van der Waals surface area (Å²) in [5, 5.41) is 11.9. The molecule has 1 heterocycles. The number of benzene rings is 5. The van der Waals surface area contributed by atoms with Crippen LogP contribution in [0.15, 0.2) is 146 Å². The SMILES string of the molecule is O[C@@H]1[C@@H](OCc2ccccc2)[C@H](OCc2ccccc2)[C@@H](COCc2ccccc2)O[C@@H]1c1ccc(OCc2ccccc2)cc1. The molecule has 0 aromatic heterocycles. The average Bonchev–Trinajstić information content (AvgIpc) is 3.12. The summed E-state index contributed by atoms with van der Waals surface area (Å²) in [4.78, 5) is 0. The van der Waals surface area contributed by atoms with Crippen LogP contribution in [0.25, 0.3) is 0 Å². The Labute approximate surface area is 271 Å². The predicted molar refractivity (Wildman–Crippen MR) is 177 cm³/mol. The number of ether oxygens (including phenoxy) is 5. The molecular formula is C40H40O6. The Hall–Kier alpha value is -4.30. The van der Waals surface area contributed by atoms with Crippen molar-refractivity contribution in [1.29, 1.82) is 0 Å². The first kappa shape index (κ1) is 31.7. The number of aliphatic hydroxyl groups excluding tert-OH is 1. The Morgan fingerprint density at radius 3 is 1.48 bits per heavy atom. The van der Waals surface area contributed by atoms with Gasteiger partial charge < -0.3 is 28.8 Å². The lowest BCUT2D eigenvalue weighted by molar-refractivity contribution is -0.263. The summed E-state index contributed by atoms with van der Waals surface area (Å²) in [6, 6.07) is 47.7. The van der Waals surface area contributed by atoms with Gasteiger partial charge in [0.1, 0.15) is 42.9 Å².